The molecule has 5 nitrogen and oxygen atoms in total. The van der Waals surface area contributed by atoms with Crippen LogP contribution in [-0.2, 0) is 14.5 Å². The molecule has 2 N–H and O–H groups in total. The molecule has 0 aromatic carbocycles. The van der Waals surface area contributed by atoms with Gasteiger partial charge < -0.3 is 0 Å². The van der Waals surface area contributed by atoms with Crippen molar-refractivity contribution in [1.82, 2.24) is 5.32 Å². The lowest BCUT2D eigenvalue weighted by Gasteiger charge is -2.34. The summed E-state index contributed by atoms with van der Waals surface area (Å²) < 4.78 is 0. The molecule has 0 spiro atoms. The molecule has 2 amide bonds. The van der Waals surface area contributed by atoms with Gasteiger partial charge in [0.2, 0.25) is 11.8 Å². The Morgan fingerprint density at radius 2 is 2.22 bits per heavy atom. The van der Waals surface area contributed by atoms with Crippen molar-refractivity contribution in [2.24, 2.45) is 11.3 Å². The van der Waals surface area contributed by atoms with Crippen LogP contribution in [-0.4, -0.2) is 23.7 Å². The molecule has 0 radical (unpaired) electrons. The molecule has 2 atom stereocenters. The number of amides is 2. The van der Waals surface area contributed by atoms with Gasteiger partial charge in [-0.3, -0.25) is 20.2 Å². The molecular formula is C13H21NO4. The van der Waals surface area contributed by atoms with Crippen molar-refractivity contribution in [2.45, 2.75) is 39.0 Å². The van der Waals surface area contributed by atoms with Crippen LogP contribution in [0.15, 0.2) is 12.7 Å². The van der Waals surface area contributed by atoms with Gasteiger partial charge in [0.25, 0.3) is 0 Å². The van der Waals surface area contributed by atoms with Crippen LogP contribution in [0.2, 0.25) is 0 Å². The smallest absolute Gasteiger partial charge is 0.233 e. The van der Waals surface area contributed by atoms with Crippen LogP contribution in [0.4, 0.5) is 0 Å². The zero-order chi connectivity index (χ0) is 13.6. The zero-order valence-corrected chi connectivity index (χ0v) is 10.8. The first-order valence-electron chi connectivity index (χ1n) is 6.31. The first-order valence-corrected chi connectivity index (χ1v) is 6.31. The second kappa shape index (κ2) is 6.66. The summed E-state index contributed by atoms with van der Waals surface area (Å²) in [6.07, 6.45) is 5.61. The van der Waals surface area contributed by atoms with Crippen molar-refractivity contribution in [3.05, 3.63) is 12.7 Å². The quantitative estimate of drug-likeness (QED) is 0.349. The van der Waals surface area contributed by atoms with Crippen molar-refractivity contribution < 1.29 is 19.7 Å². The molecule has 2 fully saturated rings. The molecule has 2 unspecified atom stereocenters. The summed E-state index contributed by atoms with van der Waals surface area (Å²) in [6, 6.07) is 0. The lowest BCUT2D eigenvalue weighted by atomic mass is 9.66. The van der Waals surface area contributed by atoms with Crippen LogP contribution >= 0.6 is 0 Å². The fourth-order valence-corrected chi connectivity index (χ4v) is 2.86. The topological polar surface area (TPSA) is 75.6 Å². The standard InChI is InChI=1S/C10H15NO4.C3H6/c12-8-7-3-1-2-4-10(7,5-6-15-14)9(13)11-8;1-3-2/h7,14H,1-6H2,(H,11,12,13);3H,1H2,2H3. The van der Waals surface area contributed by atoms with Crippen molar-refractivity contribution >= 4 is 11.8 Å². The Morgan fingerprint density at radius 1 is 1.56 bits per heavy atom. The zero-order valence-electron chi connectivity index (χ0n) is 10.8. The van der Waals surface area contributed by atoms with Crippen LogP contribution < -0.4 is 5.32 Å². The van der Waals surface area contributed by atoms with Crippen LogP contribution in [0.25, 0.3) is 0 Å². The number of hydrogen-bond donors (Lipinski definition) is 2. The van der Waals surface area contributed by atoms with E-state index in [2.05, 4.69) is 16.8 Å². The summed E-state index contributed by atoms with van der Waals surface area (Å²) in [6.45, 7) is 5.36. The van der Waals surface area contributed by atoms with Crippen LogP contribution in [0.3, 0.4) is 0 Å². The molecule has 1 aliphatic heterocycles. The molecule has 18 heavy (non-hydrogen) atoms. The van der Waals surface area contributed by atoms with Crippen molar-refractivity contribution in [3.8, 4) is 0 Å². The largest absolute Gasteiger partial charge is 0.296 e. The third-order valence-electron chi connectivity index (χ3n) is 3.68. The van der Waals surface area contributed by atoms with Gasteiger partial charge in [-0.15, -0.1) is 6.58 Å². The average molecular weight is 255 g/mol. The van der Waals surface area contributed by atoms with E-state index in [0.29, 0.717) is 6.42 Å². The van der Waals surface area contributed by atoms with Gasteiger partial charge in [0, 0.05) is 0 Å². The Morgan fingerprint density at radius 3 is 2.83 bits per heavy atom. The SMILES string of the molecule is C=CC.O=C1NC(=O)C2(CCOO)CCCCC12. The summed E-state index contributed by atoms with van der Waals surface area (Å²) in [5.74, 6) is -0.555. The monoisotopic (exact) mass is 255 g/mol. The highest BCUT2D eigenvalue weighted by atomic mass is 17.1. The molecule has 1 aliphatic carbocycles. The van der Waals surface area contributed by atoms with Crippen LogP contribution in [0.5, 0.6) is 0 Å². The lowest BCUT2D eigenvalue weighted by Crippen LogP contribution is -2.38. The number of nitrogens with one attached hydrogen (secondary N) is 1. The second-order valence-electron chi connectivity index (χ2n) is 4.76. The Kier molecular flexibility index (Phi) is 5.50. The third kappa shape index (κ3) is 2.79. The fourth-order valence-electron chi connectivity index (χ4n) is 2.86. The summed E-state index contributed by atoms with van der Waals surface area (Å²) in [5.41, 5.74) is -0.613. The van der Waals surface area contributed by atoms with Gasteiger partial charge >= 0.3 is 0 Å². The minimum atomic E-state index is -0.613. The van der Waals surface area contributed by atoms with Gasteiger partial charge in [0.05, 0.1) is 17.9 Å². The number of carbonyl (C=O) groups excluding carboxylic acids is 2. The molecule has 0 bridgehead atoms. The van der Waals surface area contributed by atoms with Gasteiger partial charge in [0.15, 0.2) is 0 Å². The highest BCUT2D eigenvalue weighted by Crippen LogP contribution is 2.47. The summed E-state index contributed by atoms with van der Waals surface area (Å²) in [7, 11) is 0. The Hall–Kier alpha value is -1.20. The van der Waals surface area contributed by atoms with Crippen molar-refractivity contribution in [2.75, 3.05) is 6.61 Å². The predicted molar refractivity (Wildman–Crippen MR) is 66.6 cm³/mol. The van der Waals surface area contributed by atoms with Gasteiger partial charge in [-0.2, -0.15) is 0 Å². The number of fused-ring (bicyclic) bond motifs is 1. The van der Waals surface area contributed by atoms with Crippen LogP contribution in [0.1, 0.15) is 39.0 Å². The fraction of sp³-hybridized carbons (Fsp3) is 0.692. The van der Waals surface area contributed by atoms with E-state index in [1.165, 1.54) is 0 Å². The molecule has 2 aliphatic rings. The Labute approximate surface area is 107 Å². The molecule has 0 aromatic rings. The maximum Gasteiger partial charge on any atom is 0.233 e. The summed E-state index contributed by atoms with van der Waals surface area (Å²) in [4.78, 5) is 27.4. The highest BCUT2D eigenvalue weighted by Gasteiger charge is 2.55. The Bertz CT molecular complexity index is 329. The molecule has 0 aromatic heterocycles. The van der Waals surface area contributed by atoms with Crippen LogP contribution in [0, 0.1) is 11.3 Å². The van der Waals surface area contributed by atoms with E-state index in [9.17, 15) is 9.59 Å². The van der Waals surface area contributed by atoms with E-state index in [1.807, 2.05) is 6.92 Å². The molecule has 5 heteroatoms. The maximum absolute atomic E-state index is 11.8. The molecule has 1 saturated heterocycles. The van der Waals surface area contributed by atoms with Gasteiger partial charge in [-0.05, 0) is 26.2 Å². The van der Waals surface area contributed by atoms with E-state index in [4.69, 9.17) is 5.26 Å². The molecule has 102 valence electrons. The number of imide groups is 1. The third-order valence-corrected chi connectivity index (χ3v) is 3.68. The van der Waals surface area contributed by atoms with Crippen molar-refractivity contribution in [3.63, 3.8) is 0 Å². The minimum Gasteiger partial charge on any atom is -0.296 e. The lowest BCUT2D eigenvalue weighted by molar-refractivity contribution is -0.247. The number of allylic oxidation sites excluding steroid dienone is 1. The molecule has 1 heterocycles. The van der Waals surface area contributed by atoms with E-state index in [1.54, 1.807) is 6.08 Å². The predicted octanol–water partition coefficient (Wildman–Crippen LogP) is 1.89. The van der Waals surface area contributed by atoms with E-state index >= 15 is 0 Å². The maximum atomic E-state index is 11.8. The summed E-state index contributed by atoms with van der Waals surface area (Å²) in [5, 5.41) is 10.7. The first-order chi connectivity index (χ1) is 8.62. The van der Waals surface area contributed by atoms with Gasteiger partial charge in [0.1, 0.15) is 0 Å². The van der Waals surface area contributed by atoms with E-state index < -0.39 is 5.41 Å². The van der Waals surface area contributed by atoms with Crippen molar-refractivity contribution in [1.29, 1.82) is 0 Å². The van der Waals surface area contributed by atoms with Gasteiger partial charge in [-0.25, -0.2) is 4.89 Å². The minimum absolute atomic E-state index is 0.108. The number of hydrogen-bond acceptors (Lipinski definition) is 4. The van der Waals surface area contributed by atoms with E-state index in [-0.39, 0.29) is 24.3 Å². The molecule has 2 rings (SSSR count). The number of rotatable bonds is 3. The van der Waals surface area contributed by atoms with E-state index in [0.717, 1.165) is 25.7 Å². The Balaban J connectivity index is 0.000000492. The normalized spacial score (nSPS) is 30.0. The second-order valence-corrected chi connectivity index (χ2v) is 4.76. The number of carbonyl (C=O) groups is 2. The molecular weight excluding hydrogens is 234 g/mol. The average Bonchev–Trinajstić information content (AvgIpc) is 2.61. The molecule has 1 saturated carbocycles. The highest BCUT2D eigenvalue weighted by molar-refractivity contribution is 6.07. The first kappa shape index (κ1) is 14.9. The summed E-state index contributed by atoms with van der Waals surface area (Å²) >= 11 is 0. The van der Waals surface area contributed by atoms with Gasteiger partial charge in [-0.1, -0.05) is 18.9 Å².